The number of anilines is 6. The van der Waals surface area contributed by atoms with Crippen LogP contribution in [-0.2, 0) is 9.84 Å². The van der Waals surface area contributed by atoms with Gasteiger partial charge in [-0.15, -0.1) is 0 Å². The molecule has 0 saturated heterocycles. The van der Waals surface area contributed by atoms with E-state index in [9.17, 15) is 13.2 Å². The molecule has 9 aromatic carbocycles. The largest absolute Gasteiger partial charge is 0.457 e. The van der Waals surface area contributed by atoms with E-state index in [2.05, 4.69) is 34.1 Å². The molecule has 9 aromatic rings. The van der Waals surface area contributed by atoms with Crippen molar-refractivity contribution in [3.63, 3.8) is 0 Å². The average Bonchev–Trinajstić information content (AvgIpc) is 3.34. The van der Waals surface area contributed by atoms with Crippen molar-refractivity contribution in [3.05, 3.63) is 242 Å². The molecular formula is C55H38N2O5S. The third-order valence-electron chi connectivity index (χ3n) is 10.9. The molecule has 0 amide bonds. The molecule has 1 aliphatic heterocycles. The Balaban J connectivity index is 1.11. The fourth-order valence-corrected chi connectivity index (χ4v) is 9.64. The van der Waals surface area contributed by atoms with E-state index >= 15 is 0 Å². The summed E-state index contributed by atoms with van der Waals surface area (Å²) in [4.78, 5) is 18.4. The molecule has 0 N–H and O–H groups in total. The molecule has 0 aliphatic carbocycles. The summed E-state index contributed by atoms with van der Waals surface area (Å²) in [6.07, 6.45) is 0. The first-order chi connectivity index (χ1) is 30.9. The number of sulfone groups is 1. The maximum atomic E-state index is 14.0. The fourth-order valence-electron chi connectivity index (χ4n) is 8.00. The number of fused-ring (bicyclic) bond motifs is 2. The lowest BCUT2D eigenvalue weighted by molar-refractivity contribution is 0.103. The van der Waals surface area contributed by atoms with Gasteiger partial charge in [-0.1, -0.05) is 103 Å². The van der Waals surface area contributed by atoms with Crippen molar-refractivity contribution < 1.29 is 22.7 Å². The van der Waals surface area contributed by atoms with Crippen molar-refractivity contribution >= 4 is 49.7 Å². The monoisotopic (exact) mass is 838 g/mol. The topological polar surface area (TPSA) is 76.2 Å². The van der Waals surface area contributed by atoms with Crippen molar-refractivity contribution in [1.82, 2.24) is 0 Å². The Morgan fingerprint density at radius 2 is 0.746 bits per heavy atom. The number of para-hydroxylation sites is 6. The summed E-state index contributed by atoms with van der Waals surface area (Å²) >= 11 is 0. The number of ether oxygens (including phenoxy) is 2. The molecule has 8 heteroatoms. The van der Waals surface area contributed by atoms with Gasteiger partial charge in [-0.2, -0.15) is 0 Å². The second-order valence-corrected chi connectivity index (χ2v) is 16.8. The smallest absolute Gasteiger partial charge is 0.208 e. The number of rotatable bonds is 11. The summed E-state index contributed by atoms with van der Waals surface area (Å²) in [5.41, 5.74) is 7.04. The SMILES string of the molecule is O=C1c2ccccc2S(=O)(=O)c2ccc(-c3ccccc3N(c3ccccc3)c3ccccc3N(c3ccc(Oc4ccccc4)cc3)c3ccc(Oc4ccccc4)cc3)cc21. The minimum absolute atomic E-state index is 0.00806. The Bertz CT molecular complexity index is 3110. The van der Waals surface area contributed by atoms with Gasteiger partial charge in [-0.25, -0.2) is 8.42 Å². The summed E-state index contributed by atoms with van der Waals surface area (Å²) in [6.45, 7) is 0. The standard InChI is InChI=1S/C55H38N2O5S/c58-55-48-23-11-15-27-53(48)63(59,60)54-37-28-39(38-49(54)55)47-22-10-12-24-50(47)57(40-16-4-1-5-17-40)52-26-14-13-25-51(52)56(41-29-33-45(34-30-41)61-43-18-6-2-7-19-43)42-31-35-46(36-32-42)62-44-20-8-3-9-21-44/h1-38H. The minimum atomic E-state index is -3.90. The summed E-state index contributed by atoms with van der Waals surface area (Å²) < 4.78 is 40.0. The van der Waals surface area contributed by atoms with Crippen LogP contribution in [0.25, 0.3) is 11.1 Å². The number of hydrogen-bond donors (Lipinski definition) is 0. The minimum Gasteiger partial charge on any atom is -0.457 e. The van der Waals surface area contributed by atoms with Gasteiger partial charge < -0.3 is 19.3 Å². The molecule has 0 spiro atoms. The zero-order chi connectivity index (χ0) is 42.8. The highest BCUT2D eigenvalue weighted by Gasteiger charge is 2.35. The van der Waals surface area contributed by atoms with Gasteiger partial charge in [-0.05, 0) is 133 Å². The number of carbonyl (C=O) groups is 1. The molecule has 1 heterocycles. The zero-order valence-corrected chi connectivity index (χ0v) is 34.6. The van der Waals surface area contributed by atoms with Crippen LogP contribution < -0.4 is 19.3 Å². The first-order valence-electron chi connectivity index (χ1n) is 20.4. The second kappa shape index (κ2) is 16.7. The molecule has 7 nitrogen and oxygen atoms in total. The van der Waals surface area contributed by atoms with Crippen LogP contribution in [0.3, 0.4) is 0 Å². The van der Waals surface area contributed by atoms with Gasteiger partial charge in [0.25, 0.3) is 0 Å². The average molecular weight is 839 g/mol. The molecule has 304 valence electrons. The Morgan fingerprint density at radius 1 is 0.333 bits per heavy atom. The van der Waals surface area contributed by atoms with E-state index in [1.165, 1.54) is 6.07 Å². The van der Waals surface area contributed by atoms with Gasteiger partial charge in [0.2, 0.25) is 9.84 Å². The van der Waals surface area contributed by atoms with Crippen molar-refractivity contribution in [3.8, 4) is 34.1 Å². The second-order valence-electron chi connectivity index (χ2n) is 14.9. The number of benzene rings is 9. The van der Waals surface area contributed by atoms with Crippen LogP contribution in [0.5, 0.6) is 23.0 Å². The quantitative estimate of drug-likeness (QED) is 0.128. The predicted molar refractivity (Wildman–Crippen MR) is 250 cm³/mol. The maximum absolute atomic E-state index is 14.0. The van der Waals surface area contributed by atoms with E-state index in [1.807, 2.05) is 164 Å². The molecule has 0 bridgehead atoms. The van der Waals surface area contributed by atoms with E-state index < -0.39 is 9.84 Å². The first-order valence-corrected chi connectivity index (χ1v) is 21.9. The van der Waals surface area contributed by atoms with Crippen molar-refractivity contribution in [1.29, 1.82) is 0 Å². The van der Waals surface area contributed by atoms with Gasteiger partial charge in [0.1, 0.15) is 23.0 Å². The summed E-state index contributed by atoms with van der Waals surface area (Å²) in [6, 6.07) is 73.2. The Hall–Kier alpha value is -8.20. The van der Waals surface area contributed by atoms with Crippen LogP contribution in [0, 0.1) is 0 Å². The van der Waals surface area contributed by atoms with E-state index in [4.69, 9.17) is 9.47 Å². The molecule has 0 radical (unpaired) electrons. The lowest BCUT2D eigenvalue weighted by atomic mass is 9.96. The van der Waals surface area contributed by atoms with Gasteiger partial charge in [0.05, 0.1) is 26.9 Å². The van der Waals surface area contributed by atoms with Crippen molar-refractivity contribution in [2.45, 2.75) is 9.79 Å². The number of ketones is 1. The normalized spacial score (nSPS) is 12.4. The van der Waals surface area contributed by atoms with E-state index in [0.717, 1.165) is 51.2 Å². The van der Waals surface area contributed by atoms with E-state index in [0.29, 0.717) is 17.1 Å². The van der Waals surface area contributed by atoms with Crippen molar-refractivity contribution in [2.24, 2.45) is 0 Å². The zero-order valence-electron chi connectivity index (χ0n) is 33.8. The van der Waals surface area contributed by atoms with Gasteiger partial charge >= 0.3 is 0 Å². The highest BCUT2D eigenvalue weighted by molar-refractivity contribution is 7.91. The van der Waals surface area contributed by atoms with Crippen LogP contribution in [0.2, 0.25) is 0 Å². The van der Waals surface area contributed by atoms with Gasteiger partial charge in [-0.3, -0.25) is 4.79 Å². The first kappa shape index (κ1) is 39.0. The molecule has 0 atom stereocenters. The van der Waals surface area contributed by atoms with Crippen LogP contribution >= 0.6 is 0 Å². The van der Waals surface area contributed by atoms with Crippen LogP contribution in [-0.4, -0.2) is 14.2 Å². The molecule has 10 rings (SSSR count). The number of carbonyl (C=O) groups excluding carboxylic acids is 1. The molecule has 0 unspecified atom stereocenters. The van der Waals surface area contributed by atoms with Crippen LogP contribution in [0.4, 0.5) is 34.1 Å². The highest BCUT2D eigenvalue weighted by atomic mass is 32.2. The molecule has 1 aliphatic rings. The summed E-state index contributed by atoms with van der Waals surface area (Å²) in [7, 11) is -3.90. The molecule has 63 heavy (non-hydrogen) atoms. The summed E-state index contributed by atoms with van der Waals surface area (Å²) in [5, 5.41) is 0. The predicted octanol–water partition coefficient (Wildman–Crippen LogP) is 14.3. The van der Waals surface area contributed by atoms with E-state index in [1.54, 1.807) is 36.4 Å². The lowest BCUT2D eigenvalue weighted by Crippen LogP contribution is -2.20. The maximum Gasteiger partial charge on any atom is 0.208 e. The molecule has 0 fully saturated rings. The molecular weight excluding hydrogens is 801 g/mol. The Kier molecular flexibility index (Phi) is 10.3. The third kappa shape index (κ3) is 7.60. The molecule has 0 aromatic heterocycles. The Morgan fingerprint density at radius 3 is 1.32 bits per heavy atom. The van der Waals surface area contributed by atoms with Gasteiger partial charge in [0, 0.05) is 33.8 Å². The van der Waals surface area contributed by atoms with Crippen LogP contribution in [0.15, 0.2) is 240 Å². The summed E-state index contributed by atoms with van der Waals surface area (Å²) in [5.74, 6) is 2.56. The fraction of sp³-hybridized carbons (Fsp3) is 0. The lowest BCUT2D eigenvalue weighted by Gasteiger charge is -2.34. The van der Waals surface area contributed by atoms with Crippen molar-refractivity contribution in [2.75, 3.05) is 9.80 Å². The van der Waals surface area contributed by atoms with E-state index in [-0.39, 0.29) is 26.7 Å². The third-order valence-corrected chi connectivity index (χ3v) is 12.8. The molecule has 0 saturated carbocycles. The highest BCUT2D eigenvalue weighted by Crippen LogP contribution is 2.49. The Labute approximate surface area is 366 Å². The number of hydrogen-bond acceptors (Lipinski definition) is 7. The van der Waals surface area contributed by atoms with Gasteiger partial charge in [0.15, 0.2) is 5.78 Å². The number of nitrogens with zero attached hydrogens (tertiary/aromatic N) is 2. The van der Waals surface area contributed by atoms with Crippen LogP contribution in [0.1, 0.15) is 15.9 Å².